The number of ether oxygens (including phenoxy) is 1. The summed E-state index contributed by atoms with van der Waals surface area (Å²) in [5, 5.41) is 6.07. The van der Waals surface area contributed by atoms with Gasteiger partial charge in [-0.05, 0) is 24.1 Å². The second-order valence-electron chi connectivity index (χ2n) is 9.48. The zero-order chi connectivity index (χ0) is 26.4. The average molecular weight is 537 g/mol. The lowest BCUT2D eigenvalue weighted by Crippen LogP contribution is -2.63. The Bertz CT molecular complexity index is 1350. The lowest BCUT2D eigenvalue weighted by atomic mass is 9.96. The van der Waals surface area contributed by atoms with Crippen molar-refractivity contribution >= 4 is 38.9 Å². The van der Waals surface area contributed by atoms with Crippen LogP contribution in [0, 0.1) is 6.92 Å². The Morgan fingerprint density at radius 3 is 2.65 bits per heavy atom. The van der Waals surface area contributed by atoms with E-state index in [0.29, 0.717) is 35.0 Å². The van der Waals surface area contributed by atoms with Crippen molar-refractivity contribution in [2.24, 2.45) is 0 Å². The Labute approximate surface area is 213 Å². The molecule has 0 aliphatic carbocycles. The van der Waals surface area contributed by atoms with E-state index in [1.165, 1.54) is 0 Å². The lowest BCUT2D eigenvalue weighted by Gasteiger charge is -2.43. The first kappa shape index (κ1) is 25.6. The lowest BCUT2D eigenvalue weighted by molar-refractivity contribution is -0.174. The third kappa shape index (κ3) is 5.06. The number of para-hydroxylation sites is 1. The molecule has 1 aromatic heterocycles. The van der Waals surface area contributed by atoms with Crippen LogP contribution in [-0.4, -0.2) is 63.8 Å². The molecule has 2 aliphatic heterocycles. The molecule has 198 valence electrons. The van der Waals surface area contributed by atoms with E-state index >= 15 is 0 Å². The highest BCUT2D eigenvalue weighted by Crippen LogP contribution is 2.51. The molecule has 12 heteroatoms. The van der Waals surface area contributed by atoms with Gasteiger partial charge in [-0.3, -0.25) is 13.9 Å². The van der Waals surface area contributed by atoms with Crippen LogP contribution in [0.25, 0.3) is 10.9 Å². The summed E-state index contributed by atoms with van der Waals surface area (Å²) >= 11 is 0. The molecule has 8 nitrogen and oxygen atoms in total. The van der Waals surface area contributed by atoms with Crippen molar-refractivity contribution in [1.29, 1.82) is 0 Å². The number of amides is 1. The van der Waals surface area contributed by atoms with Crippen molar-refractivity contribution in [3.05, 3.63) is 59.7 Å². The zero-order valence-electron chi connectivity index (χ0n) is 20.0. The number of halogens is 3. The molecule has 1 fully saturated rings. The van der Waals surface area contributed by atoms with Crippen LogP contribution in [0.4, 0.5) is 24.7 Å². The molecule has 0 radical (unpaired) electrons. The summed E-state index contributed by atoms with van der Waals surface area (Å²) in [7, 11) is -2.97. The van der Waals surface area contributed by atoms with E-state index in [9.17, 15) is 27.1 Å². The van der Waals surface area contributed by atoms with Crippen molar-refractivity contribution in [1.82, 2.24) is 10.3 Å². The van der Waals surface area contributed by atoms with Gasteiger partial charge in [-0.25, -0.2) is 4.98 Å². The fourth-order valence-electron chi connectivity index (χ4n) is 4.63. The second kappa shape index (κ2) is 9.35. The van der Waals surface area contributed by atoms with E-state index in [0.717, 1.165) is 16.5 Å². The molecule has 0 atom stereocenters. The van der Waals surface area contributed by atoms with Gasteiger partial charge in [-0.15, -0.1) is 0 Å². The van der Waals surface area contributed by atoms with Crippen LogP contribution in [0.1, 0.15) is 11.1 Å². The normalized spacial score (nSPS) is 19.4. The molecule has 1 amide bonds. The van der Waals surface area contributed by atoms with Gasteiger partial charge in [0.05, 0.1) is 29.4 Å². The predicted molar refractivity (Wildman–Crippen MR) is 136 cm³/mol. The highest BCUT2D eigenvalue weighted by atomic mass is 32.3. The highest BCUT2D eigenvalue weighted by Gasteiger charge is 2.44. The van der Waals surface area contributed by atoms with E-state index in [1.54, 1.807) is 12.1 Å². The summed E-state index contributed by atoms with van der Waals surface area (Å²) in [6, 6.07) is 14.7. The minimum atomic E-state index is -4.97. The van der Waals surface area contributed by atoms with Crippen LogP contribution in [0.2, 0.25) is 0 Å². The Morgan fingerprint density at radius 1 is 1.19 bits per heavy atom. The number of nitrogens with zero attached hydrogens (tertiary/aromatic N) is 2. The van der Waals surface area contributed by atoms with Crippen LogP contribution >= 0.6 is 10.6 Å². The molecule has 0 spiro atoms. The molecule has 3 heterocycles. The van der Waals surface area contributed by atoms with Crippen molar-refractivity contribution < 1.29 is 31.8 Å². The molecular weight excluding hydrogens is 509 g/mol. The molecule has 37 heavy (non-hydrogen) atoms. The molecule has 0 saturated carbocycles. The molecule has 2 aliphatic rings. The molecule has 1 saturated heterocycles. The van der Waals surface area contributed by atoms with E-state index in [4.69, 9.17) is 9.72 Å². The molecule has 4 N–H and O–H groups in total. The van der Waals surface area contributed by atoms with Crippen LogP contribution in [-0.2, 0) is 16.1 Å². The number of carbonyl (C=O) groups is 1. The number of rotatable bonds is 5. The van der Waals surface area contributed by atoms with E-state index in [-0.39, 0.29) is 25.5 Å². The van der Waals surface area contributed by atoms with Crippen LogP contribution in [0.15, 0.2) is 53.4 Å². The number of aromatic nitrogens is 1. The minimum Gasteiger partial charge on any atom is -0.376 e. The average Bonchev–Trinajstić information content (AvgIpc) is 2.96. The number of alkyl halides is 3. The summed E-state index contributed by atoms with van der Waals surface area (Å²) in [4.78, 5) is 18.8. The Morgan fingerprint density at radius 2 is 1.95 bits per heavy atom. The first-order valence-electron chi connectivity index (χ1n) is 11.7. The monoisotopic (exact) mass is 536 g/mol. The van der Waals surface area contributed by atoms with Crippen molar-refractivity contribution in [3.8, 4) is 0 Å². The Balaban J connectivity index is 1.51. The number of fused-ring (bicyclic) bond motifs is 2. The van der Waals surface area contributed by atoms with Gasteiger partial charge in [-0.2, -0.15) is 23.8 Å². The summed E-state index contributed by atoms with van der Waals surface area (Å²) in [6.07, 6.45) is -4.97. The second-order valence-corrected chi connectivity index (χ2v) is 11.7. The zero-order valence-corrected chi connectivity index (χ0v) is 20.8. The molecule has 0 bridgehead atoms. The van der Waals surface area contributed by atoms with Gasteiger partial charge >= 0.3 is 12.1 Å². The van der Waals surface area contributed by atoms with Crippen molar-refractivity contribution in [2.75, 3.05) is 42.3 Å². The minimum absolute atomic E-state index is 0.119. The van der Waals surface area contributed by atoms with Crippen molar-refractivity contribution in [2.45, 2.75) is 30.1 Å². The first-order valence-corrected chi connectivity index (χ1v) is 13.4. The fraction of sp³-hybridized carbons (Fsp3) is 0.360. The highest BCUT2D eigenvalue weighted by molar-refractivity contribution is 8.24. The van der Waals surface area contributed by atoms with Crippen LogP contribution < -0.4 is 15.5 Å². The number of hydrogen-bond acceptors (Lipinski definition) is 7. The number of benzene rings is 2. The van der Waals surface area contributed by atoms with Gasteiger partial charge in [0.15, 0.2) is 0 Å². The molecular formula is C25H27F3N4O4S. The maximum atomic E-state index is 12.8. The number of pyridine rings is 1. The molecule has 2 aromatic carbocycles. The smallest absolute Gasteiger partial charge is 0.376 e. The van der Waals surface area contributed by atoms with Gasteiger partial charge < -0.3 is 20.3 Å². The number of hydrogen-bond donors (Lipinski definition) is 4. The van der Waals surface area contributed by atoms with Gasteiger partial charge in [0.2, 0.25) is 0 Å². The van der Waals surface area contributed by atoms with E-state index in [1.807, 2.05) is 53.5 Å². The quantitative estimate of drug-likeness (QED) is 0.380. The van der Waals surface area contributed by atoms with Gasteiger partial charge in [0.25, 0.3) is 0 Å². The van der Waals surface area contributed by atoms with Gasteiger partial charge in [-0.1, -0.05) is 36.4 Å². The standard InChI is InChI=1S/C25H27F3N4O4S/c1-16-5-4-7-18-19(31-24(14-36-15-24)13-29-23(33)25(26,27)28)11-21(30-22(16)18)32-9-10-37(34,35)20-8-3-2-6-17(20)12-32/h2-8,11,34-35H,9-10,12-15H2,1H3,(H,29,33)(H,30,31). The van der Waals surface area contributed by atoms with E-state index < -0.39 is 28.2 Å². The summed E-state index contributed by atoms with van der Waals surface area (Å²) in [6.45, 7) is 2.64. The van der Waals surface area contributed by atoms with Crippen LogP contribution in [0.5, 0.6) is 0 Å². The van der Waals surface area contributed by atoms with Gasteiger partial charge in [0.1, 0.15) is 11.4 Å². The fourth-order valence-corrected chi connectivity index (χ4v) is 6.17. The number of aryl methyl sites for hydroxylation is 1. The summed E-state index contributed by atoms with van der Waals surface area (Å²) in [5.74, 6) is -1.27. The SMILES string of the molecule is Cc1cccc2c(NC3(CNC(=O)C(F)(F)F)COC3)cc(N3CCS(O)(O)c4ccccc4C3)nc12. The van der Waals surface area contributed by atoms with Crippen molar-refractivity contribution in [3.63, 3.8) is 0 Å². The number of carbonyl (C=O) groups excluding carboxylic acids is 1. The topological polar surface area (TPSA) is 107 Å². The predicted octanol–water partition coefficient (Wildman–Crippen LogP) is 4.53. The number of anilines is 2. The molecule has 3 aromatic rings. The third-order valence-electron chi connectivity index (χ3n) is 6.68. The molecule has 5 rings (SSSR count). The van der Waals surface area contributed by atoms with Crippen LogP contribution in [0.3, 0.4) is 0 Å². The first-order chi connectivity index (χ1) is 17.5. The third-order valence-corrected chi connectivity index (χ3v) is 8.54. The maximum Gasteiger partial charge on any atom is 0.471 e. The Kier molecular flexibility index (Phi) is 6.47. The number of nitrogens with one attached hydrogen (secondary N) is 2. The maximum absolute atomic E-state index is 12.8. The largest absolute Gasteiger partial charge is 0.471 e. The summed E-state index contributed by atoms with van der Waals surface area (Å²) in [5.41, 5.74) is 2.13. The summed E-state index contributed by atoms with van der Waals surface area (Å²) < 4.78 is 65.1. The van der Waals surface area contributed by atoms with E-state index in [2.05, 4.69) is 5.32 Å². The Hall–Kier alpha value is -3.06. The molecule has 0 unspecified atom stereocenters. The van der Waals surface area contributed by atoms with Gasteiger partial charge in [0, 0.05) is 36.8 Å².